The van der Waals surface area contributed by atoms with Crippen LogP contribution in [0, 0.1) is 0 Å². The van der Waals surface area contributed by atoms with Gasteiger partial charge in [0.05, 0.1) is 0 Å². The molecule has 48 valence electrons. The second-order valence-electron chi connectivity index (χ2n) is 1.88. The standard InChI is InChI=1S/C5H12N2O/c1-4(2)7-5(8)6-3/h4H,1-3H3,(H2,6,7,8). The Morgan fingerprint density at radius 2 is 2.00 bits per heavy atom. The average molecular weight is 116 g/mol. The van der Waals surface area contributed by atoms with Crippen LogP contribution in [0.5, 0.6) is 0 Å². The highest BCUT2D eigenvalue weighted by atomic mass is 16.2. The maximum absolute atomic E-state index is 10.4. The molecule has 0 unspecified atom stereocenters. The number of urea groups is 1. The van der Waals surface area contributed by atoms with Crippen LogP contribution >= 0.6 is 0 Å². The van der Waals surface area contributed by atoms with Crippen molar-refractivity contribution in [2.45, 2.75) is 19.9 Å². The Balaban J connectivity index is 3.25. The molecule has 0 atom stereocenters. The Labute approximate surface area is 49.5 Å². The fourth-order valence-electron chi connectivity index (χ4n) is 0.334. The first-order valence-corrected chi connectivity index (χ1v) is 2.65. The Hall–Kier alpha value is -0.730. The number of nitrogens with one attached hydrogen (secondary N) is 2. The van der Waals surface area contributed by atoms with Crippen LogP contribution in [0.2, 0.25) is 0 Å². The lowest BCUT2D eigenvalue weighted by atomic mass is 10.4. The van der Waals surface area contributed by atoms with E-state index in [1.54, 1.807) is 7.05 Å². The minimum absolute atomic E-state index is 0.125. The molecule has 3 nitrogen and oxygen atoms in total. The first-order chi connectivity index (χ1) is 3.66. The second-order valence-corrected chi connectivity index (χ2v) is 1.88. The van der Waals surface area contributed by atoms with Crippen LogP contribution < -0.4 is 10.6 Å². The van der Waals surface area contributed by atoms with Gasteiger partial charge in [-0.25, -0.2) is 4.79 Å². The lowest BCUT2D eigenvalue weighted by molar-refractivity contribution is 0.240. The third-order valence-electron chi connectivity index (χ3n) is 0.647. The second kappa shape index (κ2) is 3.29. The predicted octanol–water partition coefficient (Wildman–Crippen LogP) is 0.324. The van der Waals surface area contributed by atoms with Crippen LogP contribution in [-0.2, 0) is 0 Å². The minimum atomic E-state index is -0.125. The van der Waals surface area contributed by atoms with Crippen molar-refractivity contribution in [2.24, 2.45) is 0 Å². The van der Waals surface area contributed by atoms with E-state index in [2.05, 4.69) is 10.6 Å². The average Bonchev–Trinajstić information content (AvgIpc) is 1.65. The highest BCUT2D eigenvalue weighted by Gasteiger charge is 1.95. The van der Waals surface area contributed by atoms with E-state index in [9.17, 15) is 4.79 Å². The topological polar surface area (TPSA) is 41.1 Å². The van der Waals surface area contributed by atoms with E-state index in [4.69, 9.17) is 0 Å². The minimum Gasteiger partial charge on any atom is -0.341 e. The number of rotatable bonds is 1. The molecule has 0 aliphatic carbocycles. The molecule has 0 aromatic rings. The van der Waals surface area contributed by atoms with E-state index < -0.39 is 0 Å². The van der Waals surface area contributed by atoms with E-state index >= 15 is 0 Å². The summed E-state index contributed by atoms with van der Waals surface area (Å²) in [4.78, 5) is 10.4. The number of hydrogen-bond acceptors (Lipinski definition) is 1. The van der Waals surface area contributed by atoms with E-state index in [1.807, 2.05) is 13.8 Å². The summed E-state index contributed by atoms with van der Waals surface area (Å²) in [6.07, 6.45) is 0. The lowest BCUT2D eigenvalue weighted by Crippen LogP contribution is -2.37. The van der Waals surface area contributed by atoms with Crippen molar-refractivity contribution in [2.75, 3.05) is 7.05 Å². The summed E-state index contributed by atoms with van der Waals surface area (Å²) in [7, 11) is 1.59. The van der Waals surface area contributed by atoms with Crippen molar-refractivity contribution in [1.82, 2.24) is 10.6 Å². The predicted molar refractivity (Wildman–Crippen MR) is 32.7 cm³/mol. The third kappa shape index (κ3) is 3.46. The number of hydrogen-bond donors (Lipinski definition) is 2. The molecule has 3 heteroatoms. The van der Waals surface area contributed by atoms with Crippen molar-refractivity contribution in [3.63, 3.8) is 0 Å². The zero-order valence-corrected chi connectivity index (χ0v) is 5.49. The summed E-state index contributed by atoms with van der Waals surface area (Å²) in [6.45, 7) is 3.82. The Kier molecular flexibility index (Phi) is 2.99. The van der Waals surface area contributed by atoms with Gasteiger partial charge in [0.15, 0.2) is 0 Å². The van der Waals surface area contributed by atoms with Crippen LogP contribution in [0.1, 0.15) is 13.8 Å². The molecule has 0 aliphatic heterocycles. The van der Waals surface area contributed by atoms with E-state index in [1.165, 1.54) is 0 Å². The highest BCUT2D eigenvalue weighted by Crippen LogP contribution is 1.73. The number of amides is 2. The first-order valence-electron chi connectivity index (χ1n) is 2.65. The lowest BCUT2D eigenvalue weighted by Gasteiger charge is -2.05. The first kappa shape index (κ1) is 7.27. The van der Waals surface area contributed by atoms with Gasteiger partial charge < -0.3 is 10.6 Å². The Morgan fingerprint density at radius 1 is 1.50 bits per heavy atom. The van der Waals surface area contributed by atoms with Crippen molar-refractivity contribution in [1.29, 1.82) is 0 Å². The van der Waals surface area contributed by atoms with Gasteiger partial charge in [-0.15, -0.1) is 0 Å². The molecule has 0 rings (SSSR count). The van der Waals surface area contributed by atoms with Crippen LogP contribution in [0.4, 0.5) is 4.79 Å². The quantitative estimate of drug-likeness (QED) is 0.509. The molecule has 0 spiro atoms. The van der Waals surface area contributed by atoms with Gasteiger partial charge in [-0.3, -0.25) is 0 Å². The van der Waals surface area contributed by atoms with Crippen LogP contribution in [0.15, 0.2) is 0 Å². The molecular weight excluding hydrogens is 104 g/mol. The normalized spacial score (nSPS) is 9.00. The van der Waals surface area contributed by atoms with Gasteiger partial charge in [-0.05, 0) is 13.8 Å². The molecular formula is C5H12N2O. The summed E-state index contributed by atoms with van der Waals surface area (Å²) >= 11 is 0. The van der Waals surface area contributed by atoms with E-state index in [0.717, 1.165) is 0 Å². The molecule has 0 saturated carbocycles. The molecule has 0 radical (unpaired) electrons. The van der Waals surface area contributed by atoms with Crippen LogP contribution in [0.25, 0.3) is 0 Å². The molecule has 2 N–H and O–H groups in total. The number of carbonyl (C=O) groups is 1. The Morgan fingerprint density at radius 3 is 2.12 bits per heavy atom. The zero-order valence-electron chi connectivity index (χ0n) is 5.49. The highest BCUT2D eigenvalue weighted by molar-refractivity contribution is 5.73. The van der Waals surface area contributed by atoms with Gasteiger partial charge in [-0.1, -0.05) is 0 Å². The fourth-order valence-corrected chi connectivity index (χ4v) is 0.334. The molecule has 2 amide bonds. The van der Waals surface area contributed by atoms with Gasteiger partial charge in [0.1, 0.15) is 0 Å². The largest absolute Gasteiger partial charge is 0.341 e. The van der Waals surface area contributed by atoms with Crippen molar-refractivity contribution in [3.05, 3.63) is 0 Å². The van der Waals surface area contributed by atoms with E-state index in [0.29, 0.717) is 0 Å². The van der Waals surface area contributed by atoms with Gasteiger partial charge in [-0.2, -0.15) is 0 Å². The molecule has 0 heterocycles. The van der Waals surface area contributed by atoms with Gasteiger partial charge in [0.2, 0.25) is 0 Å². The number of carbonyl (C=O) groups excluding carboxylic acids is 1. The zero-order chi connectivity index (χ0) is 6.57. The summed E-state index contributed by atoms with van der Waals surface area (Å²) < 4.78 is 0. The Bertz CT molecular complexity index is 80.5. The van der Waals surface area contributed by atoms with Gasteiger partial charge >= 0.3 is 6.03 Å². The molecule has 0 aromatic heterocycles. The summed E-state index contributed by atoms with van der Waals surface area (Å²) in [5.74, 6) is 0. The molecule has 8 heavy (non-hydrogen) atoms. The van der Waals surface area contributed by atoms with Crippen LogP contribution in [-0.4, -0.2) is 19.1 Å². The van der Waals surface area contributed by atoms with Crippen molar-refractivity contribution < 1.29 is 4.79 Å². The van der Waals surface area contributed by atoms with Crippen molar-refractivity contribution >= 4 is 6.03 Å². The summed E-state index contributed by atoms with van der Waals surface area (Å²) in [5.41, 5.74) is 0. The summed E-state index contributed by atoms with van der Waals surface area (Å²) in [6, 6.07) is 0.0925. The van der Waals surface area contributed by atoms with Crippen molar-refractivity contribution in [3.8, 4) is 0 Å². The van der Waals surface area contributed by atoms with E-state index in [-0.39, 0.29) is 12.1 Å². The third-order valence-corrected chi connectivity index (χ3v) is 0.647. The molecule has 0 aliphatic rings. The summed E-state index contributed by atoms with van der Waals surface area (Å²) in [5, 5.41) is 5.09. The molecule has 0 saturated heterocycles. The van der Waals surface area contributed by atoms with Gasteiger partial charge in [0.25, 0.3) is 0 Å². The molecule has 0 fully saturated rings. The monoisotopic (exact) mass is 116 g/mol. The van der Waals surface area contributed by atoms with Gasteiger partial charge in [0, 0.05) is 13.1 Å². The maximum Gasteiger partial charge on any atom is 0.314 e. The maximum atomic E-state index is 10.4. The molecule has 0 aromatic carbocycles. The SMILES string of the molecule is CNC(=O)NC(C)C. The smallest absolute Gasteiger partial charge is 0.314 e. The molecule has 0 bridgehead atoms. The van der Waals surface area contributed by atoms with Crippen LogP contribution in [0.3, 0.4) is 0 Å². The fraction of sp³-hybridized carbons (Fsp3) is 0.800.